The van der Waals surface area contributed by atoms with Crippen LogP contribution in [0.25, 0.3) is 11.4 Å². The van der Waals surface area contributed by atoms with Gasteiger partial charge in [0.25, 0.3) is 0 Å². The number of hydrogen-bond acceptors (Lipinski definition) is 3. The van der Waals surface area contributed by atoms with Crippen molar-refractivity contribution in [1.82, 2.24) is 9.97 Å². The van der Waals surface area contributed by atoms with Crippen LogP contribution in [0.3, 0.4) is 0 Å². The molecule has 0 unspecified atom stereocenters. The highest BCUT2D eigenvalue weighted by Crippen LogP contribution is 2.34. The SMILES string of the molecule is Fc1cc(-c2nc(Cl)c3c(n2)CSC3)cc(F)c1Cl. The molecule has 1 aromatic heterocycles. The van der Waals surface area contributed by atoms with E-state index in [-0.39, 0.29) is 11.4 Å². The highest BCUT2D eigenvalue weighted by atomic mass is 35.5. The second kappa shape index (κ2) is 4.89. The van der Waals surface area contributed by atoms with Gasteiger partial charge in [0.05, 0.1) is 5.69 Å². The Labute approximate surface area is 122 Å². The van der Waals surface area contributed by atoms with Crippen LogP contribution in [-0.2, 0) is 11.5 Å². The Morgan fingerprint density at radius 1 is 1.05 bits per heavy atom. The average Bonchev–Trinajstić information content (AvgIpc) is 2.84. The summed E-state index contributed by atoms with van der Waals surface area (Å²) in [5.74, 6) is 0.0132. The van der Waals surface area contributed by atoms with Gasteiger partial charge in [-0.05, 0) is 12.1 Å². The molecule has 2 heterocycles. The Hall–Kier alpha value is -0.910. The first-order valence-corrected chi connectivity index (χ1v) is 7.25. The average molecular weight is 319 g/mol. The minimum Gasteiger partial charge on any atom is -0.232 e. The van der Waals surface area contributed by atoms with Gasteiger partial charge in [-0.3, -0.25) is 0 Å². The fraction of sp³-hybridized carbons (Fsp3) is 0.167. The van der Waals surface area contributed by atoms with Gasteiger partial charge in [0, 0.05) is 22.6 Å². The minimum atomic E-state index is -0.841. The number of nitrogens with zero attached hydrogens (tertiary/aromatic N) is 2. The third kappa shape index (κ3) is 2.30. The van der Waals surface area contributed by atoms with E-state index in [1.807, 2.05) is 0 Å². The second-order valence-corrected chi connectivity index (χ2v) is 5.73. The van der Waals surface area contributed by atoms with Crippen molar-refractivity contribution in [2.24, 2.45) is 0 Å². The maximum Gasteiger partial charge on any atom is 0.161 e. The van der Waals surface area contributed by atoms with Gasteiger partial charge in [-0.25, -0.2) is 18.7 Å². The van der Waals surface area contributed by atoms with E-state index in [1.165, 1.54) is 0 Å². The highest BCUT2D eigenvalue weighted by Gasteiger charge is 2.20. The molecule has 0 radical (unpaired) electrons. The van der Waals surface area contributed by atoms with Crippen LogP contribution in [-0.4, -0.2) is 9.97 Å². The van der Waals surface area contributed by atoms with E-state index in [1.54, 1.807) is 11.8 Å². The van der Waals surface area contributed by atoms with Crippen molar-refractivity contribution < 1.29 is 8.78 Å². The molecular weight excluding hydrogens is 313 g/mol. The smallest absolute Gasteiger partial charge is 0.161 e. The van der Waals surface area contributed by atoms with E-state index in [9.17, 15) is 8.78 Å². The number of rotatable bonds is 1. The normalized spacial score (nSPS) is 13.7. The molecule has 19 heavy (non-hydrogen) atoms. The van der Waals surface area contributed by atoms with Crippen LogP contribution >= 0.6 is 35.0 Å². The third-order valence-corrected chi connectivity index (χ3v) is 4.41. The molecule has 0 N–H and O–H groups in total. The van der Waals surface area contributed by atoms with Crippen molar-refractivity contribution in [3.05, 3.63) is 45.2 Å². The molecule has 0 atom stereocenters. The zero-order valence-corrected chi connectivity index (χ0v) is 11.7. The molecule has 0 spiro atoms. The molecule has 1 aliphatic heterocycles. The Morgan fingerprint density at radius 2 is 1.74 bits per heavy atom. The summed E-state index contributed by atoms with van der Waals surface area (Å²) in [6.45, 7) is 0. The van der Waals surface area contributed by atoms with Gasteiger partial charge in [-0.2, -0.15) is 11.8 Å². The Balaban J connectivity index is 2.15. The van der Waals surface area contributed by atoms with E-state index in [0.717, 1.165) is 34.9 Å². The monoisotopic (exact) mass is 318 g/mol. The first-order chi connectivity index (χ1) is 9.06. The number of halogens is 4. The van der Waals surface area contributed by atoms with Crippen molar-refractivity contribution in [3.63, 3.8) is 0 Å². The summed E-state index contributed by atoms with van der Waals surface area (Å²) >= 11 is 13.2. The predicted octanol–water partition coefficient (Wildman–Crippen LogP) is 4.48. The molecule has 0 fully saturated rings. The van der Waals surface area contributed by atoms with Gasteiger partial charge in [0.15, 0.2) is 5.82 Å². The summed E-state index contributed by atoms with van der Waals surface area (Å²) in [4.78, 5) is 8.39. The number of hydrogen-bond donors (Lipinski definition) is 0. The van der Waals surface area contributed by atoms with Crippen molar-refractivity contribution in [2.45, 2.75) is 11.5 Å². The molecule has 1 aromatic carbocycles. The van der Waals surface area contributed by atoms with Crippen molar-refractivity contribution >= 4 is 35.0 Å². The zero-order chi connectivity index (χ0) is 13.6. The van der Waals surface area contributed by atoms with Crippen molar-refractivity contribution in [1.29, 1.82) is 0 Å². The number of aromatic nitrogens is 2. The molecule has 2 nitrogen and oxygen atoms in total. The maximum atomic E-state index is 13.4. The summed E-state index contributed by atoms with van der Waals surface area (Å²) in [7, 11) is 0. The number of fused-ring (bicyclic) bond motifs is 1. The fourth-order valence-electron chi connectivity index (χ4n) is 1.83. The zero-order valence-electron chi connectivity index (χ0n) is 9.38. The van der Waals surface area contributed by atoms with Crippen LogP contribution < -0.4 is 0 Å². The van der Waals surface area contributed by atoms with E-state index in [2.05, 4.69) is 9.97 Å². The molecule has 7 heteroatoms. The molecule has 0 aliphatic carbocycles. The lowest BCUT2D eigenvalue weighted by molar-refractivity contribution is 0.584. The molecule has 98 valence electrons. The number of thioether (sulfide) groups is 1. The first-order valence-electron chi connectivity index (χ1n) is 5.34. The predicted molar refractivity (Wildman–Crippen MR) is 72.4 cm³/mol. The first kappa shape index (κ1) is 13.1. The largest absolute Gasteiger partial charge is 0.232 e. The van der Waals surface area contributed by atoms with Crippen LogP contribution in [0.2, 0.25) is 10.2 Å². The summed E-state index contributed by atoms with van der Waals surface area (Å²) in [6, 6.07) is 2.21. The van der Waals surface area contributed by atoms with Gasteiger partial charge in [0.2, 0.25) is 0 Å². The van der Waals surface area contributed by atoms with Gasteiger partial charge in [0.1, 0.15) is 21.8 Å². The molecule has 0 amide bonds. The standard InChI is InChI=1S/C12H6Cl2F2N2S/c13-10-7(15)1-5(2-8(10)16)12-17-9-4-19-3-6(9)11(14)18-12/h1-2H,3-4H2. The number of benzene rings is 1. The molecule has 0 bridgehead atoms. The van der Waals surface area contributed by atoms with Gasteiger partial charge in [-0.15, -0.1) is 0 Å². The lowest BCUT2D eigenvalue weighted by Crippen LogP contribution is -1.98. The van der Waals surface area contributed by atoms with Gasteiger partial charge >= 0.3 is 0 Å². The molecular formula is C12H6Cl2F2N2S. The van der Waals surface area contributed by atoms with Crippen LogP contribution in [0.4, 0.5) is 8.78 Å². The lowest BCUT2D eigenvalue weighted by Gasteiger charge is -2.06. The van der Waals surface area contributed by atoms with Crippen LogP contribution in [0.15, 0.2) is 12.1 Å². The van der Waals surface area contributed by atoms with Crippen LogP contribution in [0.5, 0.6) is 0 Å². The minimum absolute atomic E-state index is 0.209. The van der Waals surface area contributed by atoms with Crippen LogP contribution in [0.1, 0.15) is 11.3 Å². The molecule has 3 rings (SSSR count). The van der Waals surface area contributed by atoms with Crippen molar-refractivity contribution in [3.8, 4) is 11.4 Å². The van der Waals surface area contributed by atoms with E-state index in [0.29, 0.717) is 5.15 Å². The van der Waals surface area contributed by atoms with Crippen LogP contribution in [0, 0.1) is 11.6 Å². The topological polar surface area (TPSA) is 25.8 Å². The molecule has 1 aliphatic rings. The summed E-state index contributed by atoms with van der Waals surface area (Å²) in [5, 5.41) is -0.202. The van der Waals surface area contributed by atoms with E-state index < -0.39 is 16.7 Å². The van der Waals surface area contributed by atoms with Gasteiger partial charge in [-0.1, -0.05) is 23.2 Å². The quantitative estimate of drug-likeness (QED) is 0.573. The second-order valence-electron chi connectivity index (χ2n) is 4.01. The van der Waals surface area contributed by atoms with E-state index >= 15 is 0 Å². The summed E-state index contributed by atoms with van der Waals surface area (Å²) in [5.41, 5.74) is 1.93. The molecule has 0 saturated heterocycles. The van der Waals surface area contributed by atoms with E-state index in [4.69, 9.17) is 23.2 Å². The maximum absolute atomic E-state index is 13.4. The highest BCUT2D eigenvalue weighted by molar-refractivity contribution is 7.98. The van der Waals surface area contributed by atoms with Crippen molar-refractivity contribution in [2.75, 3.05) is 0 Å². The molecule has 0 saturated carbocycles. The third-order valence-electron chi connectivity index (χ3n) is 2.77. The fourth-order valence-corrected chi connectivity index (χ4v) is 3.31. The summed E-state index contributed by atoms with van der Waals surface area (Å²) in [6.07, 6.45) is 0. The van der Waals surface area contributed by atoms with Gasteiger partial charge < -0.3 is 0 Å². The summed E-state index contributed by atoms with van der Waals surface area (Å²) < 4.78 is 26.9. The Kier molecular flexibility index (Phi) is 3.37. The lowest BCUT2D eigenvalue weighted by atomic mass is 10.2. The Morgan fingerprint density at radius 3 is 2.42 bits per heavy atom. The molecule has 2 aromatic rings. The Bertz CT molecular complexity index is 656.